The summed E-state index contributed by atoms with van der Waals surface area (Å²) >= 11 is 0. The molecule has 1 atom stereocenters. The van der Waals surface area contributed by atoms with E-state index in [9.17, 15) is 4.79 Å². The van der Waals surface area contributed by atoms with Crippen LogP contribution < -0.4 is 5.32 Å². The Balaban J connectivity index is 1.62. The standard InChI is InChI=1S/C18H29N3O2/c1-16-15-21(11-6-14-23-16)18(22)19-10-13-20(2)12-9-17-7-4-3-5-8-17/h3-5,7-8,16H,6,9-15H2,1-2H3,(H,19,22). The van der Waals surface area contributed by atoms with Gasteiger partial charge < -0.3 is 19.9 Å². The molecule has 0 spiro atoms. The van der Waals surface area contributed by atoms with Gasteiger partial charge in [-0.15, -0.1) is 0 Å². The summed E-state index contributed by atoms with van der Waals surface area (Å²) in [6.07, 6.45) is 2.07. The number of hydrogen-bond acceptors (Lipinski definition) is 3. The number of benzene rings is 1. The third-order valence-electron chi connectivity index (χ3n) is 4.13. The average Bonchev–Trinajstić information content (AvgIpc) is 2.78. The van der Waals surface area contributed by atoms with Gasteiger partial charge >= 0.3 is 6.03 Å². The number of nitrogens with zero attached hydrogens (tertiary/aromatic N) is 2. The molecule has 5 heteroatoms. The minimum atomic E-state index is 0.0267. The molecule has 1 aromatic carbocycles. The third-order valence-corrected chi connectivity index (χ3v) is 4.13. The van der Waals surface area contributed by atoms with Crippen molar-refractivity contribution in [1.82, 2.24) is 15.1 Å². The van der Waals surface area contributed by atoms with Gasteiger partial charge in [-0.05, 0) is 32.4 Å². The Hall–Kier alpha value is -1.59. The molecule has 1 N–H and O–H groups in total. The number of urea groups is 1. The second-order valence-corrected chi connectivity index (χ2v) is 6.25. The quantitative estimate of drug-likeness (QED) is 0.872. The first-order valence-corrected chi connectivity index (χ1v) is 8.52. The van der Waals surface area contributed by atoms with Gasteiger partial charge in [0.25, 0.3) is 0 Å². The van der Waals surface area contributed by atoms with Crippen molar-refractivity contribution in [3.63, 3.8) is 0 Å². The van der Waals surface area contributed by atoms with Crippen molar-refractivity contribution in [2.45, 2.75) is 25.9 Å². The van der Waals surface area contributed by atoms with Gasteiger partial charge in [0, 0.05) is 39.3 Å². The zero-order chi connectivity index (χ0) is 16.5. The molecular weight excluding hydrogens is 290 g/mol. The van der Waals surface area contributed by atoms with Crippen molar-refractivity contribution in [2.24, 2.45) is 0 Å². The molecule has 1 saturated heterocycles. The molecule has 0 bridgehead atoms. The zero-order valence-corrected chi connectivity index (χ0v) is 14.3. The number of carbonyl (C=O) groups is 1. The second kappa shape index (κ2) is 9.53. The Kier molecular flexibility index (Phi) is 7.36. The van der Waals surface area contributed by atoms with Crippen molar-refractivity contribution in [2.75, 3.05) is 46.4 Å². The molecule has 5 nitrogen and oxygen atoms in total. The van der Waals surface area contributed by atoms with Crippen LogP contribution >= 0.6 is 0 Å². The third kappa shape index (κ3) is 6.59. The first-order valence-electron chi connectivity index (χ1n) is 8.52. The molecule has 128 valence electrons. The highest BCUT2D eigenvalue weighted by atomic mass is 16.5. The highest BCUT2D eigenvalue weighted by Crippen LogP contribution is 2.05. The molecule has 2 amide bonds. The van der Waals surface area contributed by atoms with E-state index in [0.29, 0.717) is 13.1 Å². The maximum absolute atomic E-state index is 12.2. The van der Waals surface area contributed by atoms with Crippen molar-refractivity contribution in [3.8, 4) is 0 Å². The molecule has 1 heterocycles. The Morgan fingerprint density at radius 3 is 2.91 bits per heavy atom. The number of nitrogens with one attached hydrogen (secondary N) is 1. The minimum Gasteiger partial charge on any atom is -0.377 e. The Bertz CT molecular complexity index is 467. The first kappa shape index (κ1) is 17.8. The van der Waals surface area contributed by atoms with Gasteiger partial charge in [-0.25, -0.2) is 4.79 Å². The highest BCUT2D eigenvalue weighted by molar-refractivity contribution is 5.74. The molecule has 1 unspecified atom stereocenters. The Morgan fingerprint density at radius 1 is 1.35 bits per heavy atom. The van der Waals surface area contributed by atoms with Crippen LogP contribution in [0.25, 0.3) is 0 Å². The van der Waals surface area contributed by atoms with Crippen LogP contribution in [0.4, 0.5) is 4.79 Å². The van der Waals surface area contributed by atoms with Gasteiger partial charge in [-0.2, -0.15) is 0 Å². The molecule has 23 heavy (non-hydrogen) atoms. The lowest BCUT2D eigenvalue weighted by Crippen LogP contribution is -2.45. The summed E-state index contributed by atoms with van der Waals surface area (Å²) in [5.41, 5.74) is 1.35. The zero-order valence-electron chi connectivity index (χ0n) is 14.3. The largest absolute Gasteiger partial charge is 0.377 e. The molecule has 1 aliphatic heterocycles. The number of amides is 2. The molecule has 1 aromatic rings. The van der Waals surface area contributed by atoms with E-state index in [4.69, 9.17) is 4.74 Å². The summed E-state index contributed by atoms with van der Waals surface area (Å²) in [7, 11) is 2.09. The van der Waals surface area contributed by atoms with Gasteiger partial charge in [0.15, 0.2) is 0 Å². The van der Waals surface area contributed by atoms with Gasteiger partial charge in [-0.3, -0.25) is 0 Å². The molecule has 0 saturated carbocycles. The fraction of sp³-hybridized carbons (Fsp3) is 0.611. The summed E-state index contributed by atoms with van der Waals surface area (Å²) < 4.78 is 5.57. The molecular formula is C18H29N3O2. The number of ether oxygens (including phenoxy) is 1. The van der Waals surface area contributed by atoms with E-state index in [1.54, 1.807) is 0 Å². The molecule has 0 aliphatic carbocycles. The van der Waals surface area contributed by atoms with E-state index in [0.717, 1.165) is 39.1 Å². The normalized spacial score (nSPS) is 18.7. The summed E-state index contributed by atoms with van der Waals surface area (Å²) in [5, 5.41) is 3.02. The fourth-order valence-electron chi connectivity index (χ4n) is 2.72. The number of hydrogen-bond donors (Lipinski definition) is 1. The summed E-state index contributed by atoms with van der Waals surface area (Å²) in [6, 6.07) is 10.5. The smallest absolute Gasteiger partial charge is 0.317 e. The van der Waals surface area contributed by atoms with Crippen LogP contribution in [-0.4, -0.2) is 68.3 Å². The number of rotatable bonds is 6. The van der Waals surface area contributed by atoms with Crippen LogP contribution in [0.3, 0.4) is 0 Å². The predicted molar refractivity (Wildman–Crippen MR) is 92.6 cm³/mol. The monoisotopic (exact) mass is 319 g/mol. The maximum Gasteiger partial charge on any atom is 0.317 e. The molecule has 1 fully saturated rings. The van der Waals surface area contributed by atoms with E-state index in [2.05, 4.69) is 41.5 Å². The summed E-state index contributed by atoms with van der Waals surface area (Å²) in [4.78, 5) is 16.3. The number of carbonyl (C=O) groups excluding carboxylic acids is 1. The predicted octanol–water partition coefficient (Wildman–Crippen LogP) is 1.98. The van der Waals surface area contributed by atoms with Crippen LogP contribution in [0.1, 0.15) is 18.9 Å². The first-order chi connectivity index (χ1) is 11.1. The van der Waals surface area contributed by atoms with Crippen molar-refractivity contribution < 1.29 is 9.53 Å². The molecule has 0 aromatic heterocycles. The van der Waals surface area contributed by atoms with Gasteiger partial charge in [0.2, 0.25) is 0 Å². The lowest BCUT2D eigenvalue weighted by molar-refractivity contribution is 0.0710. The van der Waals surface area contributed by atoms with Gasteiger partial charge in [0.05, 0.1) is 6.10 Å². The SMILES string of the molecule is CC1CN(C(=O)NCCN(C)CCc2ccccc2)CCCO1. The Labute approximate surface area is 139 Å². The van der Waals surface area contributed by atoms with Crippen LogP contribution in [-0.2, 0) is 11.2 Å². The maximum atomic E-state index is 12.2. The summed E-state index contributed by atoms with van der Waals surface area (Å²) in [6.45, 7) is 6.74. The lowest BCUT2D eigenvalue weighted by atomic mass is 10.1. The average molecular weight is 319 g/mol. The fourth-order valence-corrected chi connectivity index (χ4v) is 2.72. The molecule has 2 rings (SSSR count). The van der Waals surface area contributed by atoms with Crippen molar-refractivity contribution >= 4 is 6.03 Å². The van der Waals surface area contributed by atoms with E-state index < -0.39 is 0 Å². The topological polar surface area (TPSA) is 44.8 Å². The molecule has 0 radical (unpaired) electrons. The second-order valence-electron chi connectivity index (χ2n) is 6.25. The van der Waals surface area contributed by atoms with E-state index >= 15 is 0 Å². The van der Waals surface area contributed by atoms with Crippen LogP contribution in [0.2, 0.25) is 0 Å². The highest BCUT2D eigenvalue weighted by Gasteiger charge is 2.19. The minimum absolute atomic E-state index is 0.0267. The van der Waals surface area contributed by atoms with E-state index in [1.165, 1.54) is 5.56 Å². The summed E-state index contributed by atoms with van der Waals surface area (Å²) in [5.74, 6) is 0. The van der Waals surface area contributed by atoms with E-state index in [1.807, 2.05) is 17.9 Å². The molecule has 1 aliphatic rings. The lowest BCUT2D eigenvalue weighted by Gasteiger charge is -2.23. The number of likely N-dealkylation sites (N-methyl/N-ethyl adjacent to an activating group) is 1. The Morgan fingerprint density at radius 2 is 2.13 bits per heavy atom. The van der Waals surface area contributed by atoms with Crippen molar-refractivity contribution in [3.05, 3.63) is 35.9 Å². The van der Waals surface area contributed by atoms with Gasteiger partial charge in [-0.1, -0.05) is 30.3 Å². The van der Waals surface area contributed by atoms with Crippen LogP contribution in [0.5, 0.6) is 0 Å². The van der Waals surface area contributed by atoms with Crippen LogP contribution in [0, 0.1) is 0 Å². The van der Waals surface area contributed by atoms with Crippen LogP contribution in [0.15, 0.2) is 30.3 Å². The van der Waals surface area contributed by atoms with Gasteiger partial charge in [0.1, 0.15) is 0 Å². The van der Waals surface area contributed by atoms with E-state index in [-0.39, 0.29) is 12.1 Å². The van der Waals surface area contributed by atoms with Crippen molar-refractivity contribution in [1.29, 1.82) is 0 Å².